The molecule has 4 aromatic rings. The summed E-state index contributed by atoms with van der Waals surface area (Å²) in [6.45, 7) is 8.25. The molecule has 0 bridgehead atoms. The second-order valence-corrected chi connectivity index (χ2v) is 8.84. The molecule has 1 N–H and O–H groups in total. The van der Waals surface area contributed by atoms with Crippen LogP contribution in [0.2, 0.25) is 0 Å². The molecule has 2 aromatic carbocycles. The normalized spacial score (nSPS) is 12.7. The average molecular weight is 481 g/mol. The van der Waals surface area contributed by atoms with E-state index in [4.69, 9.17) is 14.7 Å². The van der Waals surface area contributed by atoms with Crippen molar-refractivity contribution in [2.45, 2.75) is 33.2 Å². The first-order valence-electron chi connectivity index (χ1n) is 11.9. The maximum Gasteiger partial charge on any atom is 0.415 e. The lowest BCUT2D eigenvalue weighted by molar-refractivity contribution is 0.123. The fourth-order valence-electron chi connectivity index (χ4n) is 4.33. The summed E-state index contributed by atoms with van der Waals surface area (Å²) in [5.41, 5.74) is 5.89. The Labute approximate surface area is 210 Å². The molecule has 0 atom stereocenters. The summed E-state index contributed by atoms with van der Waals surface area (Å²) in [5, 5.41) is 3.36. The zero-order chi connectivity index (χ0) is 25.1. The van der Waals surface area contributed by atoms with E-state index < -0.39 is 6.09 Å². The minimum atomic E-state index is -0.394. The summed E-state index contributed by atoms with van der Waals surface area (Å²) in [6.07, 6.45) is 4.60. The van der Waals surface area contributed by atoms with E-state index >= 15 is 0 Å². The quantitative estimate of drug-likeness (QED) is 0.375. The molecule has 0 aliphatic carbocycles. The number of nitrogens with one attached hydrogen (secondary N) is 1. The average Bonchev–Trinajstić information content (AvgIpc) is 3.30. The molecule has 1 aliphatic heterocycles. The standard InChI is InChI=1S/C28H28N6O2/c1-19(2)36-28(35)33-15-13-25-24(18-33)26(17-21-7-5-4-6-8-21)32-27(31-25)30-22-9-11-23(12-10-22)34-16-14-29-20(34)3/h4-12,14,16H,1,13,15,17-18H2,2-3H3,(H,30,31,32). The molecule has 1 aliphatic rings. The van der Waals surface area contributed by atoms with Gasteiger partial charge in [-0.2, -0.15) is 0 Å². The first-order chi connectivity index (χ1) is 17.5. The summed E-state index contributed by atoms with van der Waals surface area (Å²) < 4.78 is 7.27. The maximum atomic E-state index is 12.5. The van der Waals surface area contributed by atoms with Crippen molar-refractivity contribution in [3.63, 3.8) is 0 Å². The van der Waals surface area contributed by atoms with Gasteiger partial charge in [0.25, 0.3) is 0 Å². The fraction of sp³-hybridized carbons (Fsp3) is 0.214. The number of benzene rings is 2. The summed E-state index contributed by atoms with van der Waals surface area (Å²) in [4.78, 5) is 28.2. The van der Waals surface area contributed by atoms with Gasteiger partial charge in [0, 0.05) is 48.7 Å². The molecule has 182 valence electrons. The molecule has 3 heterocycles. The van der Waals surface area contributed by atoms with Crippen molar-refractivity contribution in [2.24, 2.45) is 0 Å². The SMILES string of the molecule is C=C(C)OC(=O)N1CCc2nc(Nc3ccc(-n4ccnc4C)cc3)nc(Cc3ccccc3)c2C1. The Kier molecular flexibility index (Phi) is 6.49. The number of carbonyl (C=O) groups is 1. The topological polar surface area (TPSA) is 85.2 Å². The molecule has 0 radical (unpaired) electrons. The first kappa shape index (κ1) is 23.3. The largest absolute Gasteiger partial charge is 0.416 e. The van der Waals surface area contributed by atoms with Gasteiger partial charge in [-0.1, -0.05) is 36.9 Å². The molecule has 0 saturated heterocycles. The molecule has 1 amide bonds. The van der Waals surface area contributed by atoms with Gasteiger partial charge in [0.05, 0.1) is 23.7 Å². The van der Waals surface area contributed by atoms with Crippen LogP contribution in [0.3, 0.4) is 0 Å². The lowest BCUT2D eigenvalue weighted by Gasteiger charge is -2.29. The number of allylic oxidation sites excluding steroid dienone is 1. The first-order valence-corrected chi connectivity index (χ1v) is 11.9. The van der Waals surface area contributed by atoms with E-state index in [-0.39, 0.29) is 0 Å². The minimum Gasteiger partial charge on any atom is -0.416 e. The second-order valence-electron chi connectivity index (χ2n) is 8.84. The lowest BCUT2D eigenvalue weighted by Crippen LogP contribution is -2.37. The van der Waals surface area contributed by atoms with Crippen molar-refractivity contribution >= 4 is 17.7 Å². The van der Waals surface area contributed by atoms with Crippen molar-refractivity contribution in [3.8, 4) is 5.69 Å². The predicted molar refractivity (Wildman–Crippen MR) is 138 cm³/mol. The van der Waals surface area contributed by atoms with Crippen LogP contribution < -0.4 is 5.32 Å². The van der Waals surface area contributed by atoms with Crippen LogP contribution in [0.25, 0.3) is 5.69 Å². The fourth-order valence-corrected chi connectivity index (χ4v) is 4.33. The molecule has 36 heavy (non-hydrogen) atoms. The maximum absolute atomic E-state index is 12.5. The Bertz CT molecular complexity index is 1400. The van der Waals surface area contributed by atoms with Crippen molar-refractivity contribution in [2.75, 3.05) is 11.9 Å². The van der Waals surface area contributed by atoms with Crippen LogP contribution in [0, 0.1) is 6.92 Å². The Morgan fingerprint density at radius 1 is 1.11 bits per heavy atom. The third-order valence-corrected chi connectivity index (χ3v) is 6.11. The summed E-state index contributed by atoms with van der Waals surface area (Å²) in [6, 6.07) is 18.3. The van der Waals surface area contributed by atoms with E-state index in [1.54, 1.807) is 18.0 Å². The molecule has 0 spiro atoms. The predicted octanol–water partition coefficient (Wildman–Crippen LogP) is 5.33. The summed E-state index contributed by atoms with van der Waals surface area (Å²) in [7, 11) is 0. The van der Waals surface area contributed by atoms with E-state index in [9.17, 15) is 4.79 Å². The highest BCUT2D eigenvalue weighted by atomic mass is 16.6. The number of aryl methyl sites for hydroxylation is 1. The van der Waals surface area contributed by atoms with E-state index in [1.807, 2.05) is 60.2 Å². The molecule has 0 saturated carbocycles. The van der Waals surface area contributed by atoms with Crippen molar-refractivity contribution < 1.29 is 9.53 Å². The number of hydrogen-bond acceptors (Lipinski definition) is 6. The van der Waals surface area contributed by atoms with Gasteiger partial charge in [0.1, 0.15) is 5.82 Å². The van der Waals surface area contributed by atoms with Gasteiger partial charge in [-0.25, -0.2) is 19.7 Å². The number of imidazole rings is 1. The zero-order valence-corrected chi connectivity index (χ0v) is 20.4. The third-order valence-electron chi connectivity index (χ3n) is 6.11. The van der Waals surface area contributed by atoms with Crippen LogP contribution >= 0.6 is 0 Å². The third kappa shape index (κ3) is 5.12. The number of aromatic nitrogens is 4. The van der Waals surface area contributed by atoms with E-state index in [0.29, 0.717) is 37.6 Å². The molecule has 8 heteroatoms. The molecular weight excluding hydrogens is 452 g/mol. The molecule has 2 aromatic heterocycles. The number of hydrogen-bond donors (Lipinski definition) is 1. The Hall–Kier alpha value is -4.46. The minimum absolute atomic E-state index is 0.375. The monoisotopic (exact) mass is 480 g/mol. The van der Waals surface area contributed by atoms with Crippen LogP contribution in [-0.4, -0.2) is 37.1 Å². The highest BCUT2D eigenvalue weighted by molar-refractivity contribution is 5.69. The Morgan fingerprint density at radius 2 is 1.89 bits per heavy atom. The Morgan fingerprint density at radius 3 is 2.58 bits per heavy atom. The highest BCUT2D eigenvalue weighted by Gasteiger charge is 2.26. The van der Waals surface area contributed by atoms with Gasteiger partial charge in [-0.05, 0) is 43.7 Å². The molecular formula is C28H28N6O2. The number of amides is 1. The number of ether oxygens (including phenoxy) is 1. The summed E-state index contributed by atoms with van der Waals surface area (Å²) >= 11 is 0. The van der Waals surface area contributed by atoms with Crippen LogP contribution in [-0.2, 0) is 24.1 Å². The zero-order valence-electron chi connectivity index (χ0n) is 20.4. The van der Waals surface area contributed by atoms with Gasteiger partial charge in [-0.3, -0.25) is 0 Å². The van der Waals surface area contributed by atoms with Crippen molar-refractivity contribution in [1.29, 1.82) is 0 Å². The summed E-state index contributed by atoms with van der Waals surface area (Å²) in [5.74, 6) is 1.85. The Balaban J connectivity index is 1.43. The van der Waals surface area contributed by atoms with Crippen LogP contribution in [0.1, 0.15) is 35.3 Å². The number of fused-ring (bicyclic) bond motifs is 1. The van der Waals surface area contributed by atoms with E-state index in [2.05, 4.69) is 29.0 Å². The van der Waals surface area contributed by atoms with Crippen molar-refractivity contribution in [3.05, 3.63) is 108 Å². The van der Waals surface area contributed by atoms with Crippen LogP contribution in [0.5, 0.6) is 0 Å². The second kappa shape index (κ2) is 10.0. The number of nitrogens with zero attached hydrogens (tertiary/aromatic N) is 5. The van der Waals surface area contributed by atoms with Gasteiger partial charge in [0.15, 0.2) is 0 Å². The van der Waals surface area contributed by atoms with E-state index in [1.165, 1.54) is 0 Å². The van der Waals surface area contributed by atoms with Gasteiger partial charge >= 0.3 is 6.09 Å². The van der Waals surface area contributed by atoms with Gasteiger partial charge < -0.3 is 19.5 Å². The lowest BCUT2D eigenvalue weighted by atomic mass is 9.99. The van der Waals surface area contributed by atoms with E-state index in [0.717, 1.165) is 39.7 Å². The van der Waals surface area contributed by atoms with Gasteiger partial charge in [0.2, 0.25) is 5.95 Å². The number of carbonyl (C=O) groups excluding carboxylic acids is 1. The van der Waals surface area contributed by atoms with Crippen molar-refractivity contribution in [1.82, 2.24) is 24.4 Å². The number of anilines is 2. The molecule has 5 rings (SSSR count). The molecule has 0 fully saturated rings. The molecule has 8 nitrogen and oxygen atoms in total. The molecule has 0 unspecified atom stereocenters. The number of rotatable bonds is 6. The smallest absolute Gasteiger partial charge is 0.415 e. The highest BCUT2D eigenvalue weighted by Crippen LogP contribution is 2.26. The van der Waals surface area contributed by atoms with Crippen LogP contribution in [0.4, 0.5) is 16.4 Å². The van der Waals surface area contributed by atoms with Gasteiger partial charge in [-0.15, -0.1) is 0 Å². The van der Waals surface area contributed by atoms with Crippen LogP contribution in [0.15, 0.2) is 79.3 Å².